The standard InChI is InChI=1S/C12H14ClNO/c1-8-7-9(13)4-5-10(8)12(14)11-3-2-6-15-11/h3-5,7,12H,2,6,14H2,1H3. The molecule has 1 heterocycles. The molecule has 0 saturated carbocycles. The maximum atomic E-state index is 6.11. The van der Waals surface area contributed by atoms with Crippen molar-refractivity contribution in [2.75, 3.05) is 6.61 Å². The molecule has 15 heavy (non-hydrogen) atoms. The minimum Gasteiger partial charge on any atom is -0.496 e. The van der Waals surface area contributed by atoms with Crippen LogP contribution in [0.4, 0.5) is 0 Å². The molecule has 1 atom stereocenters. The summed E-state index contributed by atoms with van der Waals surface area (Å²) in [6.07, 6.45) is 3.01. The van der Waals surface area contributed by atoms with Crippen LogP contribution in [0.3, 0.4) is 0 Å². The number of ether oxygens (including phenoxy) is 1. The molecule has 1 aliphatic rings. The van der Waals surface area contributed by atoms with Gasteiger partial charge >= 0.3 is 0 Å². The lowest BCUT2D eigenvalue weighted by Crippen LogP contribution is -2.14. The number of aryl methyl sites for hydroxylation is 1. The lowest BCUT2D eigenvalue weighted by molar-refractivity contribution is 0.225. The molecule has 0 aliphatic carbocycles. The Morgan fingerprint density at radius 1 is 1.47 bits per heavy atom. The maximum absolute atomic E-state index is 6.11. The first-order chi connectivity index (χ1) is 7.18. The predicted octanol–water partition coefficient (Wildman–Crippen LogP) is 2.95. The molecule has 0 saturated heterocycles. The van der Waals surface area contributed by atoms with Crippen molar-refractivity contribution in [3.8, 4) is 0 Å². The van der Waals surface area contributed by atoms with Crippen LogP contribution < -0.4 is 5.73 Å². The first kappa shape index (κ1) is 10.5. The minimum absolute atomic E-state index is 0.162. The van der Waals surface area contributed by atoms with Crippen molar-refractivity contribution in [2.24, 2.45) is 5.73 Å². The zero-order chi connectivity index (χ0) is 10.8. The zero-order valence-corrected chi connectivity index (χ0v) is 9.42. The highest BCUT2D eigenvalue weighted by Crippen LogP contribution is 2.27. The zero-order valence-electron chi connectivity index (χ0n) is 8.66. The Hall–Kier alpha value is -0.990. The number of halogens is 1. The van der Waals surface area contributed by atoms with Crippen LogP contribution in [0, 0.1) is 6.92 Å². The summed E-state index contributed by atoms with van der Waals surface area (Å²) in [4.78, 5) is 0. The van der Waals surface area contributed by atoms with E-state index in [0.29, 0.717) is 0 Å². The molecule has 1 aliphatic heterocycles. The lowest BCUT2D eigenvalue weighted by atomic mass is 10.0. The van der Waals surface area contributed by atoms with Crippen molar-refractivity contribution in [1.82, 2.24) is 0 Å². The number of hydrogen-bond acceptors (Lipinski definition) is 2. The molecule has 1 unspecified atom stereocenters. The molecule has 3 heteroatoms. The van der Waals surface area contributed by atoms with Crippen LogP contribution in [0.15, 0.2) is 30.0 Å². The van der Waals surface area contributed by atoms with Gasteiger partial charge in [0.1, 0.15) is 5.76 Å². The van der Waals surface area contributed by atoms with Gasteiger partial charge in [-0.1, -0.05) is 17.7 Å². The fraction of sp³-hybridized carbons (Fsp3) is 0.333. The van der Waals surface area contributed by atoms with Gasteiger partial charge in [-0.15, -0.1) is 0 Å². The second-order valence-electron chi connectivity index (χ2n) is 3.72. The highest BCUT2D eigenvalue weighted by atomic mass is 35.5. The molecule has 0 spiro atoms. The van der Waals surface area contributed by atoms with Crippen molar-refractivity contribution in [3.63, 3.8) is 0 Å². The van der Waals surface area contributed by atoms with Gasteiger partial charge in [-0.25, -0.2) is 0 Å². The number of rotatable bonds is 2. The van der Waals surface area contributed by atoms with E-state index in [2.05, 4.69) is 6.08 Å². The van der Waals surface area contributed by atoms with Crippen LogP contribution in [-0.2, 0) is 4.74 Å². The van der Waals surface area contributed by atoms with Crippen LogP contribution in [0.2, 0.25) is 5.02 Å². The summed E-state index contributed by atoms with van der Waals surface area (Å²) in [5, 5.41) is 0.741. The van der Waals surface area contributed by atoms with E-state index >= 15 is 0 Å². The van der Waals surface area contributed by atoms with Crippen molar-refractivity contribution in [1.29, 1.82) is 0 Å². The summed E-state index contributed by atoms with van der Waals surface area (Å²) >= 11 is 5.89. The average Bonchev–Trinajstić information content (AvgIpc) is 2.69. The highest BCUT2D eigenvalue weighted by Gasteiger charge is 2.18. The Morgan fingerprint density at radius 2 is 2.27 bits per heavy atom. The molecule has 1 aromatic carbocycles. The summed E-state index contributed by atoms with van der Waals surface area (Å²) in [6.45, 7) is 2.76. The maximum Gasteiger partial charge on any atom is 0.113 e. The minimum atomic E-state index is -0.162. The summed E-state index contributed by atoms with van der Waals surface area (Å²) in [7, 11) is 0. The second kappa shape index (κ2) is 4.25. The Bertz CT molecular complexity index is 401. The van der Waals surface area contributed by atoms with Crippen LogP contribution >= 0.6 is 11.6 Å². The van der Waals surface area contributed by atoms with E-state index in [9.17, 15) is 0 Å². The average molecular weight is 224 g/mol. The molecule has 0 amide bonds. The molecular weight excluding hydrogens is 210 g/mol. The topological polar surface area (TPSA) is 35.2 Å². The van der Waals surface area contributed by atoms with Gasteiger partial charge in [0.15, 0.2) is 0 Å². The number of hydrogen-bond donors (Lipinski definition) is 1. The third-order valence-electron chi connectivity index (χ3n) is 2.61. The third-order valence-corrected chi connectivity index (χ3v) is 2.84. The number of nitrogens with two attached hydrogens (primary N) is 1. The fourth-order valence-corrected chi connectivity index (χ4v) is 2.02. The summed E-state index contributed by atoms with van der Waals surface area (Å²) in [6, 6.07) is 5.58. The van der Waals surface area contributed by atoms with E-state index < -0.39 is 0 Å². The molecule has 0 radical (unpaired) electrons. The second-order valence-corrected chi connectivity index (χ2v) is 4.16. The van der Waals surface area contributed by atoms with E-state index in [-0.39, 0.29) is 6.04 Å². The monoisotopic (exact) mass is 223 g/mol. The Labute approximate surface area is 94.7 Å². The largest absolute Gasteiger partial charge is 0.496 e. The molecular formula is C12H14ClNO. The predicted molar refractivity (Wildman–Crippen MR) is 61.8 cm³/mol. The van der Waals surface area contributed by atoms with Gasteiger partial charge in [0, 0.05) is 11.4 Å². The van der Waals surface area contributed by atoms with E-state index in [4.69, 9.17) is 22.1 Å². The van der Waals surface area contributed by atoms with Gasteiger partial charge in [-0.2, -0.15) is 0 Å². The normalized spacial score (nSPS) is 17.1. The smallest absolute Gasteiger partial charge is 0.113 e. The highest BCUT2D eigenvalue weighted by molar-refractivity contribution is 6.30. The Balaban J connectivity index is 2.28. The first-order valence-electron chi connectivity index (χ1n) is 5.03. The molecule has 0 fully saturated rings. The molecule has 1 aromatic rings. The van der Waals surface area contributed by atoms with Crippen molar-refractivity contribution in [3.05, 3.63) is 46.2 Å². The number of benzene rings is 1. The Kier molecular flexibility index (Phi) is 2.98. The summed E-state index contributed by atoms with van der Waals surface area (Å²) in [5.41, 5.74) is 8.29. The van der Waals surface area contributed by atoms with Gasteiger partial charge < -0.3 is 10.5 Å². The lowest BCUT2D eigenvalue weighted by Gasteiger charge is -2.16. The van der Waals surface area contributed by atoms with Crippen molar-refractivity contribution >= 4 is 11.6 Å². The van der Waals surface area contributed by atoms with Crippen LogP contribution in [0.25, 0.3) is 0 Å². The molecule has 2 nitrogen and oxygen atoms in total. The van der Waals surface area contributed by atoms with Crippen LogP contribution in [0.5, 0.6) is 0 Å². The van der Waals surface area contributed by atoms with Crippen molar-refractivity contribution in [2.45, 2.75) is 19.4 Å². The molecule has 0 bridgehead atoms. The van der Waals surface area contributed by atoms with E-state index in [1.54, 1.807) is 0 Å². The van der Waals surface area contributed by atoms with Crippen LogP contribution in [0.1, 0.15) is 23.6 Å². The van der Waals surface area contributed by atoms with Crippen LogP contribution in [-0.4, -0.2) is 6.61 Å². The molecule has 2 N–H and O–H groups in total. The van der Waals surface area contributed by atoms with Gasteiger partial charge in [0.05, 0.1) is 12.6 Å². The van der Waals surface area contributed by atoms with E-state index in [0.717, 1.165) is 34.9 Å². The summed E-state index contributed by atoms with van der Waals surface area (Å²) < 4.78 is 5.46. The molecule has 80 valence electrons. The van der Waals surface area contributed by atoms with Gasteiger partial charge in [-0.3, -0.25) is 0 Å². The fourth-order valence-electron chi connectivity index (χ4n) is 1.79. The van der Waals surface area contributed by atoms with Gasteiger partial charge in [0.2, 0.25) is 0 Å². The van der Waals surface area contributed by atoms with Crippen molar-refractivity contribution < 1.29 is 4.74 Å². The SMILES string of the molecule is Cc1cc(Cl)ccc1C(N)C1=CCCO1. The Morgan fingerprint density at radius 3 is 2.87 bits per heavy atom. The van der Waals surface area contributed by atoms with E-state index in [1.165, 1.54) is 0 Å². The molecule has 0 aromatic heterocycles. The summed E-state index contributed by atoms with van der Waals surface area (Å²) in [5.74, 6) is 0.875. The molecule has 2 rings (SSSR count). The third kappa shape index (κ3) is 2.16. The van der Waals surface area contributed by atoms with Gasteiger partial charge in [-0.05, 0) is 36.3 Å². The quantitative estimate of drug-likeness (QED) is 0.837. The first-order valence-corrected chi connectivity index (χ1v) is 5.41. The van der Waals surface area contributed by atoms with E-state index in [1.807, 2.05) is 25.1 Å². The van der Waals surface area contributed by atoms with Gasteiger partial charge in [0.25, 0.3) is 0 Å².